The number of anilines is 2. The summed E-state index contributed by atoms with van der Waals surface area (Å²) in [5.41, 5.74) is -0.0838. The summed E-state index contributed by atoms with van der Waals surface area (Å²) in [4.78, 5) is 78.4. The zero-order chi connectivity index (χ0) is 69.9. The van der Waals surface area contributed by atoms with Gasteiger partial charge in [0.25, 0.3) is 11.8 Å². The van der Waals surface area contributed by atoms with Crippen molar-refractivity contribution in [2.75, 3.05) is 117 Å². The molecule has 2 N–H and O–H groups in total. The lowest BCUT2D eigenvalue weighted by atomic mass is 9.72. The maximum atomic E-state index is 15.4. The number of alkyl halides is 6. The van der Waals surface area contributed by atoms with Crippen molar-refractivity contribution in [2.45, 2.75) is 106 Å². The molecule has 1 spiro atoms. The van der Waals surface area contributed by atoms with E-state index < -0.39 is 70.4 Å². The van der Waals surface area contributed by atoms with Gasteiger partial charge >= 0.3 is 18.4 Å². The number of likely N-dealkylation sites (tertiary alicyclic amines) is 2. The summed E-state index contributed by atoms with van der Waals surface area (Å²) in [6.07, 6.45) is -5.23. The number of benzene rings is 6. The number of hydrogen-bond donors (Lipinski definition) is 2. The lowest BCUT2D eigenvalue weighted by Crippen LogP contribution is -2.50. The number of carbonyl (C=O) groups is 5. The molecule has 2 atom stereocenters. The number of carbonyl (C=O) groups excluding carboxylic acids is 4. The number of likely N-dealkylation sites (N-methyl/N-ethyl adjacent to an activating group) is 2. The number of nitrogens with zero attached hydrogens (tertiary/aromatic N) is 7. The molecule has 101 heavy (non-hydrogen) atoms. The molecular weight excluding hydrogens is 1390 g/mol. The Kier molecular flexibility index (Phi) is 28.4. The van der Waals surface area contributed by atoms with Crippen LogP contribution in [-0.4, -0.2) is 183 Å². The highest BCUT2D eigenvalue weighted by Crippen LogP contribution is 2.49. The van der Waals surface area contributed by atoms with Crippen molar-refractivity contribution in [3.63, 3.8) is 0 Å². The molecule has 0 aromatic heterocycles. The SMILES string of the molecule is CN(CCN1CCC(N(C(=O)O)c2ccccc2-c2ccccc2)CC1)C(=O)CCCCCNc1ccc(C(=O)N(C)CCCN(C)C(=O)CO[C@H]2Cc3ccccc3C23CCN(CC[C@@]2(c4ccc(F)cc4)CN(C(=O)c4cc(C(F)(F)F)cc(C(F)(F)F)c4)CO2)CC3)cc1F.Cl.Cl.Cl. The Morgan fingerprint density at radius 2 is 1.28 bits per heavy atom. The fourth-order valence-electron chi connectivity index (χ4n) is 14.2. The monoisotopic (exact) mass is 1470 g/mol. The Hall–Kier alpha value is -7.58. The average molecular weight is 1470 g/mol. The lowest BCUT2D eigenvalue weighted by Gasteiger charge is -2.44. The molecule has 0 unspecified atom stereocenters. The highest BCUT2D eigenvalue weighted by molar-refractivity contribution is 5.96. The standard InChI is InChI=1S/C74H84F8N8O8.3ClH/c1-84(34-14-35-86(3)68(93)53-22-27-63(62(76)45-53)83-33-13-5-8-21-66(91)85(2)41-42-87-36-28-59(29-37-87)90(70(95)96)64-20-12-10-18-60(64)51-15-6-4-7-16-51)67(92)48-97-65-46-52-17-9-11-19-61(52)71(65)30-38-88(39-31-71)40-32-72(55-23-25-58(75)26-24-55)49-89(50-98-72)69(94)54-43-56(73(77,78)79)47-57(44-54)74(80,81)82;;;/h4,6-7,9-12,15-20,22-27,43-45,47,59,65,83H,5,8,13-14,21,28-42,46,48-50H2,1-3H3,(H,95,96);3*1H/t65-,72-;;;/m0.../s1. The number of halogens is 11. The van der Waals surface area contributed by atoms with Crippen LogP contribution in [0.4, 0.5) is 51.3 Å². The number of rotatable bonds is 26. The summed E-state index contributed by atoms with van der Waals surface area (Å²) < 4.78 is 125. The maximum Gasteiger partial charge on any atom is 0.416 e. The summed E-state index contributed by atoms with van der Waals surface area (Å²) in [5, 5.41) is 13.5. The topological polar surface area (TPSA) is 159 Å². The Bertz CT molecular complexity index is 3740. The Labute approximate surface area is 602 Å². The van der Waals surface area contributed by atoms with Crippen LogP contribution in [0, 0.1) is 11.6 Å². The number of nitrogens with one attached hydrogen (secondary N) is 1. The third kappa shape index (κ3) is 19.8. The minimum Gasteiger partial charge on any atom is -0.465 e. The van der Waals surface area contributed by atoms with Gasteiger partial charge < -0.3 is 49.3 Å². The van der Waals surface area contributed by atoms with Crippen LogP contribution in [0.25, 0.3) is 11.1 Å². The van der Waals surface area contributed by atoms with E-state index in [4.69, 9.17) is 9.47 Å². The van der Waals surface area contributed by atoms with E-state index in [-0.39, 0.29) is 111 Å². The molecule has 6 aromatic rings. The van der Waals surface area contributed by atoms with Crippen molar-refractivity contribution in [1.82, 2.24) is 29.4 Å². The molecule has 16 nitrogen and oxygen atoms in total. The van der Waals surface area contributed by atoms with Crippen molar-refractivity contribution in [3.8, 4) is 11.1 Å². The minimum absolute atomic E-state index is 0. The van der Waals surface area contributed by atoms with Gasteiger partial charge in [0.05, 0.1) is 35.2 Å². The van der Waals surface area contributed by atoms with Crippen LogP contribution in [0.15, 0.2) is 140 Å². The van der Waals surface area contributed by atoms with Crippen LogP contribution in [0.1, 0.15) is 113 Å². The molecule has 3 heterocycles. The summed E-state index contributed by atoms with van der Waals surface area (Å²) in [5.74, 6) is -2.78. The second-order valence-electron chi connectivity index (χ2n) is 26.2. The van der Waals surface area contributed by atoms with Crippen LogP contribution >= 0.6 is 37.2 Å². The minimum atomic E-state index is -5.16. The normalized spacial score (nSPS) is 17.6. The van der Waals surface area contributed by atoms with Crippen LogP contribution in [0.5, 0.6) is 0 Å². The van der Waals surface area contributed by atoms with Gasteiger partial charge in [-0.1, -0.05) is 91.3 Å². The summed E-state index contributed by atoms with van der Waals surface area (Å²) in [6, 6.07) is 35.7. The molecule has 3 fully saturated rings. The van der Waals surface area contributed by atoms with Gasteiger partial charge in [-0.2, -0.15) is 26.3 Å². The fraction of sp³-hybridized carbons (Fsp3) is 0.446. The molecule has 0 bridgehead atoms. The molecule has 27 heteroatoms. The van der Waals surface area contributed by atoms with Gasteiger partial charge in [-0.05, 0) is 148 Å². The van der Waals surface area contributed by atoms with Crippen molar-refractivity contribution in [3.05, 3.63) is 190 Å². The maximum absolute atomic E-state index is 15.4. The van der Waals surface area contributed by atoms with Gasteiger partial charge in [0.15, 0.2) is 0 Å². The summed E-state index contributed by atoms with van der Waals surface area (Å²) >= 11 is 0. The van der Waals surface area contributed by atoms with Gasteiger partial charge in [-0.15, -0.1) is 37.2 Å². The summed E-state index contributed by atoms with van der Waals surface area (Å²) in [7, 11) is 5.09. The van der Waals surface area contributed by atoms with E-state index in [2.05, 4.69) is 27.2 Å². The predicted molar refractivity (Wildman–Crippen MR) is 377 cm³/mol. The zero-order valence-electron chi connectivity index (χ0n) is 56.6. The van der Waals surface area contributed by atoms with Gasteiger partial charge in [-0.25, -0.2) is 13.6 Å². The van der Waals surface area contributed by atoms with Gasteiger partial charge in [0, 0.05) is 108 Å². The third-order valence-corrected chi connectivity index (χ3v) is 19.9. The smallest absolute Gasteiger partial charge is 0.416 e. The first-order chi connectivity index (χ1) is 46.8. The Morgan fingerprint density at radius 3 is 1.94 bits per heavy atom. The molecule has 3 aliphatic heterocycles. The molecule has 548 valence electrons. The number of amides is 5. The number of unbranched alkanes of at least 4 members (excludes halogenated alkanes) is 2. The Morgan fingerprint density at radius 1 is 0.653 bits per heavy atom. The largest absolute Gasteiger partial charge is 0.465 e. The van der Waals surface area contributed by atoms with E-state index in [0.29, 0.717) is 127 Å². The average Bonchev–Trinajstić information content (AvgIpc) is 1.61. The molecule has 6 aromatic carbocycles. The van der Waals surface area contributed by atoms with Crippen LogP contribution in [0.3, 0.4) is 0 Å². The summed E-state index contributed by atoms with van der Waals surface area (Å²) in [6.45, 7) is 4.46. The molecule has 3 saturated heterocycles. The highest BCUT2D eigenvalue weighted by atomic mass is 35.5. The van der Waals surface area contributed by atoms with Crippen molar-refractivity contribution >= 4 is 78.3 Å². The Balaban J connectivity index is 0.00000477. The van der Waals surface area contributed by atoms with Gasteiger partial charge in [0.1, 0.15) is 30.6 Å². The van der Waals surface area contributed by atoms with E-state index in [1.165, 1.54) is 46.2 Å². The number of carboxylic acid groups (broad SMARTS) is 1. The number of para-hydroxylation sites is 1. The van der Waals surface area contributed by atoms with Crippen LogP contribution in [0.2, 0.25) is 0 Å². The number of piperidine rings is 2. The van der Waals surface area contributed by atoms with Crippen molar-refractivity contribution in [1.29, 1.82) is 0 Å². The molecular formula is C74H87Cl3F8N8O8. The van der Waals surface area contributed by atoms with Crippen LogP contribution < -0.4 is 10.2 Å². The molecule has 0 radical (unpaired) electrons. The van der Waals surface area contributed by atoms with E-state index in [9.17, 15) is 59.8 Å². The van der Waals surface area contributed by atoms with Crippen molar-refractivity contribution < 1.29 is 73.7 Å². The lowest BCUT2D eigenvalue weighted by molar-refractivity contribution is -0.143. The van der Waals surface area contributed by atoms with Gasteiger partial charge in [0.2, 0.25) is 11.8 Å². The van der Waals surface area contributed by atoms with E-state index in [1.807, 2.05) is 66.7 Å². The first-order valence-corrected chi connectivity index (χ1v) is 33.4. The molecule has 10 rings (SSSR count). The van der Waals surface area contributed by atoms with E-state index >= 15 is 4.39 Å². The van der Waals surface area contributed by atoms with Gasteiger partial charge in [-0.3, -0.25) is 24.1 Å². The second-order valence-corrected chi connectivity index (χ2v) is 26.2. The number of hydrogen-bond acceptors (Lipinski definition) is 10. The third-order valence-electron chi connectivity index (χ3n) is 19.9. The molecule has 5 amide bonds. The van der Waals surface area contributed by atoms with E-state index in [0.717, 1.165) is 46.7 Å². The van der Waals surface area contributed by atoms with E-state index in [1.54, 1.807) is 37.0 Å². The molecule has 0 saturated carbocycles. The number of ether oxygens (including phenoxy) is 2. The molecule has 4 aliphatic rings. The van der Waals surface area contributed by atoms with Crippen molar-refractivity contribution in [2.24, 2.45) is 0 Å². The first kappa shape index (κ1) is 80.7. The number of fused-ring (bicyclic) bond motifs is 2. The second kappa shape index (κ2) is 35.5. The quantitative estimate of drug-likeness (QED) is 0.0393. The fourth-order valence-corrected chi connectivity index (χ4v) is 14.2. The molecule has 1 aliphatic carbocycles. The first-order valence-electron chi connectivity index (χ1n) is 33.4. The predicted octanol–water partition coefficient (Wildman–Crippen LogP) is 14.3. The van der Waals surface area contributed by atoms with Crippen LogP contribution in [-0.2, 0) is 48.9 Å². The zero-order valence-corrected chi connectivity index (χ0v) is 59.0. The highest BCUT2D eigenvalue weighted by Gasteiger charge is 2.50.